The lowest BCUT2D eigenvalue weighted by atomic mass is 9.85. The topological polar surface area (TPSA) is 41.5 Å². The SMILES string of the molecule is Cc1ccc(OCC(C)(CO)NC(C)C)c(C(C)(C)C)c1. The molecule has 3 heteroatoms. The molecule has 0 aliphatic carbocycles. The van der Waals surface area contributed by atoms with Crippen LogP contribution < -0.4 is 10.1 Å². The highest BCUT2D eigenvalue weighted by molar-refractivity contribution is 5.41. The van der Waals surface area contributed by atoms with Crippen molar-refractivity contribution in [1.82, 2.24) is 5.32 Å². The summed E-state index contributed by atoms with van der Waals surface area (Å²) in [4.78, 5) is 0. The molecule has 0 fully saturated rings. The summed E-state index contributed by atoms with van der Waals surface area (Å²) in [5, 5.41) is 13.0. The van der Waals surface area contributed by atoms with E-state index in [1.165, 1.54) is 11.1 Å². The quantitative estimate of drug-likeness (QED) is 0.844. The van der Waals surface area contributed by atoms with Crippen LogP contribution in [0.1, 0.15) is 52.7 Å². The van der Waals surface area contributed by atoms with E-state index in [4.69, 9.17) is 4.74 Å². The number of ether oxygens (including phenoxy) is 1. The van der Waals surface area contributed by atoms with Crippen molar-refractivity contribution in [2.45, 2.75) is 65.5 Å². The number of nitrogens with one attached hydrogen (secondary N) is 1. The fourth-order valence-electron chi connectivity index (χ4n) is 2.42. The lowest BCUT2D eigenvalue weighted by Crippen LogP contribution is -2.53. The van der Waals surface area contributed by atoms with Gasteiger partial charge in [-0.3, -0.25) is 0 Å². The van der Waals surface area contributed by atoms with Crippen LogP contribution in [0.25, 0.3) is 0 Å². The molecule has 0 aliphatic rings. The maximum absolute atomic E-state index is 9.64. The van der Waals surface area contributed by atoms with Gasteiger partial charge in [0.15, 0.2) is 0 Å². The number of aryl methyl sites for hydroxylation is 1. The van der Waals surface area contributed by atoms with Crippen molar-refractivity contribution in [2.24, 2.45) is 0 Å². The first-order valence-corrected chi connectivity index (χ1v) is 7.70. The van der Waals surface area contributed by atoms with Crippen molar-refractivity contribution in [1.29, 1.82) is 0 Å². The normalized spacial score (nSPS) is 15.1. The molecule has 1 atom stereocenters. The van der Waals surface area contributed by atoms with Crippen molar-refractivity contribution in [3.8, 4) is 5.75 Å². The van der Waals surface area contributed by atoms with Gasteiger partial charge >= 0.3 is 0 Å². The number of hydrogen-bond donors (Lipinski definition) is 2. The van der Waals surface area contributed by atoms with E-state index in [1.54, 1.807) is 0 Å². The van der Waals surface area contributed by atoms with Crippen LogP contribution >= 0.6 is 0 Å². The highest BCUT2D eigenvalue weighted by Gasteiger charge is 2.26. The van der Waals surface area contributed by atoms with Crippen molar-refractivity contribution >= 4 is 0 Å². The molecule has 1 rings (SSSR count). The second-order valence-electron chi connectivity index (χ2n) is 7.56. The Kier molecular flexibility index (Phi) is 5.83. The maximum Gasteiger partial charge on any atom is 0.123 e. The third-order valence-corrected chi connectivity index (χ3v) is 3.48. The fraction of sp³-hybridized carbons (Fsp3) is 0.667. The van der Waals surface area contributed by atoms with Gasteiger partial charge in [0, 0.05) is 6.04 Å². The number of aliphatic hydroxyl groups excluding tert-OH is 1. The minimum atomic E-state index is -0.436. The Labute approximate surface area is 129 Å². The molecule has 0 radical (unpaired) electrons. The molecule has 1 unspecified atom stereocenters. The van der Waals surface area contributed by atoms with Gasteiger partial charge in [-0.25, -0.2) is 0 Å². The van der Waals surface area contributed by atoms with Crippen molar-refractivity contribution in [3.63, 3.8) is 0 Å². The van der Waals surface area contributed by atoms with Crippen LogP contribution in [0.15, 0.2) is 18.2 Å². The Hall–Kier alpha value is -1.06. The van der Waals surface area contributed by atoms with Crippen molar-refractivity contribution in [3.05, 3.63) is 29.3 Å². The molecule has 120 valence electrons. The summed E-state index contributed by atoms with van der Waals surface area (Å²) in [6, 6.07) is 6.58. The molecule has 0 bridgehead atoms. The maximum atomic E-state index is 9.64. The smallest absolute Gasteiger partial charge is 0.123 e. The van der Waals surface area contributed by atoms with Crippen LogP contribution in [-0.4, -0.2) is 29.9 Å². The van der Waals surface area contributed by atoms with Gasteiger partial charge in [0.05, 0.1) is 12.1 Å². The molecular weight excluding hydrogens is 262 g/mol. The average molecular weight is 293 g/mol. The average Bonchev–Trinajstić information content (AvgIpc) is 2.35. The minimum Gasteiger partial charge on any atom is -0.491 e. The van der Waals surface area contributed by atoms with Gasteiger partial charge in [0.25, 0.3) is 0 Å². The van der Waals surface area contributed by atoms with Gasteiger partial charge in [-0.1, -0.05) is 52.3 Å². The molecule has 0 heterocycles. The first-order valence-electron chi connectivity index (χ1n) is 7.70. The summed E-state index contributed by atoms with van der Waals surface area (Å²) in [6.07, 6.45) is 0. The van der Waals surface area contributed by atoms with Crippen molar-refractivity contribution in [2.75, 3.05) is 13.2 Å². The Bertz CT molecular complexity index is 463. The lowest BCUT2D eigenvalue weighted by Gasteiger charge is -2.32. The summed E-state index contributed by atoms with van der Waals surface area (Å²) in [7, 11) is 0. The van der Waals surface area contributed by atoms with E-state index < -0.39 is 5.54 Å². The molecule has 0 aliphatic heterocycles. The summed E-state index contributed by atoms with van der Waals surface area (Å²) >= 11 is 0. The first-order chi connectivity index (χ1) is 9.57. The third kappa shape index (κ3) is 5.33. The molecule has 0 spiro atoms. The van der Waals surface area contributed by atoms with E-state index >= 15 is 0 Å². The number of aliphatic hydroxyl groups is 1. The molecule has 0 aromatic heterocycles. The van der Waals surface area contributed by atoms with Gasteiger partial charge in [0.2, 0.25) is 0 Å². The predicted octanol–water partition coefficient (Wildman–Crippen LogP) is 3.42. The zero-order valence-electron chi connectivity index (χ0n) is 14.6. The molecule has 1 aromatic carbocycles. The molecule has 1 aromatic rings. The zero-order valence-corrected chi connectivity index (χ0v) is 14.6. The zero-order chi connectivity index (χ0) is 16.3. The molecule has 0 saturated carbocycles. The van der Waals surface area contributed by atoms with Gasteiger partial charge in [-0.15, -0.1) is 0 Å². The van der Waals surface area contributed by atoms with E-state index in [0.717, 1.165) is 5.75 Å². The highest BCUT2D eigenvalue weighted by atomic mass is 16.5. The summed E-state index contributed by atoms with van der Waals surface area (Å²) in [5.74, 6) is 0.901. The first kappa shape index (κ1) is 18.0. The van der Waals surface area contributed by atoms with Crippen LogP contribution in [0.3, 0.4) is 0 Å². The van der Waals surface area contributed by atoms with Gasteiger partial charge < -0.3 is 15.2 Å². The van der Waals surface area contributed by atoms with Crippen LogP contribution in [0.5, 0.6) is 5.75 Å². The van der Waals surface area contributed by atoms with E-state index in [9.17, 15) is 5.11 Å². The lowest BCUT2D eigenvalue weighted by molar-refractivity contribution is 0.108. The van der Waals surface area contributed by atoms with E-state index in [1.807, 2.05) is 13.0 Å². The molecular formula is C18H31NO2. The Morgan fingerprint density at radius 2 is 1.81 bits per heavy atom. The highest BCUT2D eigenvalue weighted by Crippen LogP contribution is 2.32. The molecule has 0 saturated heterocycles. The van der Waals surface area contributed by atoms with Crippen molar-refractivity contribution < 1.29 is 9.84 Å². The van der Waals surface area contributed by atoms with Crippen LogP contribution in [0.4, 0.5) is 0 Å². The largest absolute Gasteiger partial charge is 0.491 e. The summed E-state index contributed by atoms with van der Waals surface area (Å²) in [5.41, 5.74) is 2.03. The Morgan fingerprint density at radius 1 is 1.19 bits per heavy atom. The van der Waals surface area contributed by atoms with Crippen LogP contribution in [0, 0.1) is 6.92 Å². The molecule has 21 heavy (non-hydrogen) atoms. The summed E-state index contributed by atoms with van der Waals surface area (Å²) in [6.45, 7) is 15.3. The van der Waals surface area contributed by atoms with Gasteiger partial charge in [-0.05, 0) is 30.9 Å². The summed E-state index contributed by atoms with van der Waals surface area (Å²) < 4.78 is 6.05. The second-order valence-corrected chi connectivity index (χ2v) is 7.56. The standard InChI is InChI=1S/C18H31NO2/c1-13(2)19-18(7,11-20)12-21-16-9-8-14(3)10-15(16)17(4,5)6/h8-10,13,19-20H,11-12H2,1-7H3. The van der Waals surface area contributed by atoms with Gasteiger partial charge in [0.1, 0.15) is 12.4 Å². The molecule has 0 amide bonds. The number of benzene rings is 1. The van der Waals surface area contributed by atoms with Crippen LogP contribution in [-0.2, 0) is 5.41 Å². The van der Waals surface area contributed by atoms with E-state index in [-0.39, 0.29) is 12.0 Å². The monoisotopic (exact) mass is 293 g/mol. The Balaban J connectivity index is 2.93. The van der Waals surface area contributed by atoms with E-state index in [2.05, 4.69) is 59.0 Å². The number of hydrogen-bond acceptors (Lipinski definition) is 3. The fourth-order valence-corrected chi connectivity index (χ4v) is 2.42. The minimum absolute atomic E-state index is 0.0302. The Morgan fingerprint density at radius 3 is 2.29 bits per heavy atom. The van der Waals surface area contributed by atoms with Crippen LogP contribution in [0.2, 0.25) is 0 Å². The molecule has 3 nitrogen and oxygen atoms in total. The third-order valence-electron chi connectivity index (χ3n) is 3.48. The van der Waals surface area contributed by atoms with E-state index in [0.29, 0.717) is 12.6 Å². The van der Waals surface area contributed by atoms with Gasteiger partial charge in [-0.2, -0.15) is 0 Å². The number of rotatable bonds is 6. The predicted molar refractivity (Wildman–Crippen MR) is 89.1 cm³/mol. The second kappa shape index (κ2) is 6.80. The molecule has 2 N–H and O–H groups in total.